The minimum absolute atomic E-state index is 0.206. The Morgan fingerprint density at radius 2 is 1.94 bits per heavy atom. The SMILES string of the molecule is CC(C)(C)ONCc1cc2c(cc1Br)OCO2. The summed E-state index contributed by atoms with van der Waals surface area (Å²) in [5.74, 6) is 1.55. The summed E-state index contributed by atoms with van der Waals surface area (Å²) in [6.45, 7) is 6.88. The zero-order chi connectivity index (χ0) is 12.5. The molecule has 1 aliphatic heterocycles. The van der Waals surface area contributed by atoms with Crippen LogP contribution in [0.15, 0.2) is 16.6 Å². The summed E-state index contributed by atoms with van der Waals surface area (Å²) in [6, 6.07) is 3.86. The molecular formula is C12H16BrNO3. The maximum Gasteiger partial charge on any atom is 0.231 e. The molecule has 0 unspecified atom stereocenters. The molecule has 4 nitrogen and oxygen atoms in total. The number of ether oxygens (including phenoxy) is 2. The molecule has 17 heavy (non-hydrogen) atoms. The van der Waals surface area contributed by atoms with E-state index < -0.39 is 0 Å². The number of hydroxylamine groups is 1. The lowest BCUT2D eigenvalue weighted by molar-refractivity contribution is -0.0758. The van der Waals surface area contributed by atoms with E-state index in [0.717, 1.165) is 21.5 Å². The maximum absolute atomic E-state index is 5.46. The third-order valence-electron chi connectivity index (χ3n) is 2.18. The molecule has 1 aromatic carbocycles. The number of rotatable bonds is 3. The van der Waals surface area contributed by atoms with Crippen molar-refractivity contribution in [3.63, 3.8) is 0 Å². The van der Waals surface area contributed by atoms with Crippen molar-refractivity contribution in [3.8, 4) is 11.5 Å². The molecule has 5 heteroatoms. The van der Waals surface area contributed by atoms with Crippen LogP contribution in [-0.2, 0) is 11.4 Å². The van der Waals surface area contributed by atoms with Crippen molar-refractivity contribution in [1.82, 2.24) is 5.48 Å². The fraction of sp³-hybridized carbons (Fsp3) is 0.500. The van der Waals surface area contributed by atoms with E-state index in [1.54, 1.807) is 0 Å². The van der Waals surface area contributed by atoms with Gasteiger partial charge >= 0.3 is 0 Å². The molecular weight excluding hydrogens is 286 g/mol. The molecule has 2 rings (SSSR count). The van der Waals surface area contributed by atoms with Gasteiger partial charge < -0.3 is 9.47 Å². The zero-order valence-corrected chi connectivity index (χ0v) is 11.8. The Kier molecular flexibility index (Phi) is 3.61. The van der Waals surface area contributed by atoms with Gasteiger partial charge in [-0.15, -0.1) is 0 Å². The Morgan fingerprint density at radius 3 is 2.59 bits per heavy atom. The highest BCUT2D eigenvalue weighted by Gasteiger charge is 2.16. The number of fused-ring (bicyclic) bond motifs is 1. The second-order valence-corrected chi connectivity index (χ2v) is 5.69. The normalized spacial score (nSPS) is 14.1. The van der Waals surface area contributed by atoms with E-state index in [-0.39, 0.29) is 12.4 Å². The monoisotopic (exact) mass is 301 g/mol. The maximum atomic E-state index is 5.46. The lowest BCUT2D eigenvalue weighted by Gasteiger charge is -2.19. The second kappa shape index (κ2) is 4.84. The number of hydrogen-bond donors (Lipinski definition) is 1. The van der Waals surface area contributed by atoms with Crippen molar-refractivity contribution in [2.45, 2.75) is 32.9 Å². The zero-order valence-electron chi connectivity index (χ0n) is 10.2. The van der Waals surface area contributed by atoms with E-state index >= 15 is 0 Å². The van der Waals surface area contributed by atoms with Gasteiger partial charge in [0, 0.05) is 11.0 Å². The first-order valence-corrected chi connectivity index (χ1v) is 6.24. The van der Waals surface area contributed by atoms with Crippen LogP contribution < -0.4 is 15.0 Å². The summed E-state index contributed by atoms with van der Waals surface area (Å²) in [5.41, 5.74) is 3.81. The van der Waals surface area contributed by atoms with Crippen LogP contribution in [0, 0.1) is 0 Å². The molecule has 1 N–H and O–H groups in total. The Labute approximate surface area is 109 Å². The van der Waals surface area contributed by atoms with Crippen LogP contribution in [0.4, 0.5) is 0 Å². The molecule has 1 aromatic rings. The minimum Gasteiger partial charge on any atom is -0.454 e. The lowest BCUT2D eigenvalue weighted by atomic mass is 10.2. The van der Waals surface area contributed by atoms with Gasteiger partial charge in [0.25, 0.3) is 0 Å². The van der Waals surface area contributed by atoms with Crippen LogP contribution in [-0.4, -0.2) is 12.4 Å². The first-order valence-electron chi connectivity index (χ1n) is 5.44. The Morgan fingerprint density at radius 1 is 1.29 bits per heavy atom. The number of benzene rings is 1. The van der Waals surface area contributed by atoms with E-state index in [9.17, 15) is 0 Å². The Bertz CT molecular complexity index is 415. The molecule has 0 aromatic heterocycles. The van der Waals surface area contributed by atoms with E-state index in [2.05, 4.69) is 21.4 Å². The molecule has 0 aliphatic carbocycles. The molecule has 94 valence electrons. The van der Waals surface area contributed by atoms with Gasteiger partial charge in [0.2, 0.25) is 6.79 Å². The van der Waals surface area contributed by atoms with Gasteiger partial charge in [-0.1, -0.05) is 15.9 Å². The smallest absolute Gasteiger partial charge is 0.231 e. The van der Waals surface area contributed by atoms with Crippen LogP contribution in [0.1, 0.15) is 26.3 Å². The van der Waals surface area contributed by atoms with Gasteiger partial charge in [0.05, 0.1) is 5.60 Å². The highest BCUT2D eigenvalue weighted by molar-refractivity contribution is 9.10. The summed E-state index contributed by atoms with van der Waals surface area (Å²) in [6.07, 6.45) is 0. The van der Waals surface area contributed by atoms with E-state index in [0.29, 0.717) is 6.54 Å². The van der Waals surface area contributed by atoms with Gasteiger partial charge in [-0.3, -0.25) is 4.84 Å². The van der Waals surface area contributed by atoms with E-state index in [1.807, 2.05) is 32.9 Å². The Balaban J connectivity index is 2.02. The van der Waals surface area contributed by atoms with Crippen LogP contribution in [0.2, 0.25) is 0 Å². The van der Waals surface area contributed by atoms with E-state index in [1.165, 1.54) is 0 Å². The van der Waals surface area contributed by atoms with Gasteiger partial charge in [0.15, 0.2) is 11.5 Å². The fourth-order valence-corrected chi connectivity index (χ4v) is 1.89. The molecule has 1 aliphatic rings. The molecule has 0 atom stereocenters. The predicted octanol–water partition coefficient (Wildman–Crippen LogP) is 3.00. The number of nitrogens with one attached hydrogen (secondary N) is 1. The topological polar surface area (TPSA) is 39.7 Å². The molecule has 0 saturated carbocycles. The summed E-state index contributed by atoms with van der Waals surface area (Å²) in [7, 11) is 0. The van der Waals surface area contributed by atoms with Crippen molar-refractivity contribution >= 4 is 15.9 Å². The molecule has 0 saturated heterocycles. The third-order valence-corrected chi connectivity index (χ3v) is 2.92. The lowest BCUT2D eigenvalue weighted by Crippen LogP contribution is -2.28. The van der Waals surface area contributed by atoms with Crippen LogP contribution >= 0.6 is 15.9 Å². The van der Waals surface area contributed by atoms with Crippen LogP contribution in [0.3, 0.4) is 0 Å². The van der Waals surface area contributed by atoms with Crippen LogP contribution in [0.25, 0.3) is 0 Å². The highest BCUT2D eigenvalue weighted by Crippen LogP contribution is 2.36. The Hall–Kier alpha value is -0.780. The van der Waals surface area contributed by atoms with Crippen LogP contribution in [0.5, 0.6) is 11.5 Å². The summed E-state index contributed by atoms with van der Waals surface area (Å²) >= 11 is 3.50. The van der Waals surface area contributed by atoms with E-state index in [4.69, 9.17) is 14.3 Å². The van der Waals surface area contributed by atoms with Gasteiger partial charge in [-0.2, -0.15) is 5.48 Å². The van der Waals surface area contributed by atoms with Crippen molar-refractivity contribution in [2.24, 2.45) is 0 Å². The van der Waals surface area contributed by atoms with Crippen molar-refractivity contribution in [3.05, 3.63) is 22.2 Å². The third kappa shape index (κ3) is 3.34. The molecule has 0 bridgehead atoms. The van der Waals surface area contributed by atoms with Gasteiger partial charge in [-0.05, 0) is 38.5 Å². The standard InChI is InChI=1S/C12H16BrNO3/c1-12(2,3)17-14-6-8-4-10-11(5-9(8)13)16-7-15-10/h4-5,14H,6-7H2,1-3H3. The van der Waals surface area contributed by atoms with Crippen molar-refractivity contribution in [1.29, 1.82) is 0 Å². The molecule has 0 fully saturated rings. The predicted molar refractivity (Wildman–Crippen MR) is 67.9 cm³/mol. The minimum atomic E-state index is -0.206. The fourth-order valence-electron chi connectivity index (χ4n) is 1.43. The molecule has 0 spiro atoms. The van der Waals surface area contributed by atoms with Crippen molar-refractivity contribution < 1.29 is 14.3 Å². The number of hydrogen-bond acceptors (Lipinski definition) is 4. The second-order valence-electron chi connectivity index (χ2n) is 4.83. The highest BCUT2D eigenvalue weighted by atomic mass is 79.9. The summed E-state index contributed by atoms with van der Waals surface area (Å²) in [5, 5.41) is 0. The average Bonchev–Trinajstić information content (AvgIpc) is 2.63. The average molecular weight is 302 g/mol. The first-order chi connectivity index (χ1) is 7.96. The molecule has 0 amide bonds. The summed E-state index contributed by atoms with van der Waals surface area (Å²) in [4.78, 5) is 5.46. The first kappa shape index (κ1) is 12.7. The molecule has 1 heterocycles. The largest absolute Gasteiger partial charge is 0.454 e. The summed E-state index contributed by atoms with van der Waals surface area (Å²) < 4.78 is 11.6. The number of halogens is 1. The van der Waals surface area contributed by atoms with Crippen molar-refractivity contribution in [2.75, 3.05) is 6.79 Å². The molecule has 0 radical (unpaired) electrons. The van der Waals surface area contributed by atoms with Gasteiger partial charge in [-0.25, -0.2) is 0 Å². The quantitative estimate of drug-likeness (QED) is 0.871. The van der Waals surface area contributed by atoms with Gasteiger partial charge in [0.1, 0.15) is 0 Å².